The van der Waals surface area contributed by atoms with Crippen LogP contribution in [0.1, 0.15) is 43.1 Å². The molecule has 132 valence electrons. The van der Waals surface area contributed by atoms with E-state index in [9.17, 15) is 19.1 Å². The topological polar surface area (TPSA) is 84.2 Å². The Labute approximate surface area is 144 Å². The van der Waals surface area contributed by atoms with Gasteiger partial charge in [0.1, 0.15) is 11.4 Å². The SMILES string of the molecule is CC1CCC(NC(=O)c2ccn(-c3ccc(F)cc3)n2)(C(=O)O)CC1. The summed E-state index contributed by atoms with van der Waals surface area (Å²) in [5.41, 5.74) is -0.494. The third-order valence-electron chi connectivity index (χ3n) is 4.80. The van der Waals surface area contributed by atoms with E-state index < -0.39 is 17.4 Å². The van der Waals surface area contributed by atoms with Crippen LogP contribution in [-0.4, -0.2) is 32.3 Å². The number of carboxylic acids is 1. The Bertz CT molecular complexity index is 777. The van der Waals surface area contributed by atoms with E-state index in [-0.39, 0.29) is 11.5 Å². The van der Waals surface area contributed by atoms with Crippen LogP contribution in [0.25, 0.3) is 5.69 Å². The molecule has 0 spiro atoms. The van der Waals surface area contributed by atoms with Crippen LogP contribution in [0.4, 0.5) is 4.39 Å². The maximum absolute atomic E-state index is 13.0. The van der Waals surface area contributed by atoms with Crippen LogP contribution < -0.4 is 5.32 Å². The molecule has 0 atom stereocenters. The number of hydrogen-bond donors (Lipinski definition) is 2. The van der Waals surface area contributed by atoms with Gasteiger partial charge in [0.05, 0.1) is 5.69 Å². The molecule has 6 nitrogen and oxygen atoms in total. The average Bonchev–Trinajstić information content (AvgIpc) is 3.08. The Balaban J connectivity index is 1.77. The second-order valence-corrected chi connectivity index (χ2v) is 6.65. The lowest BCUT2D eigenvalue weighted by Crippen LogP contribution is -2.56. The molecule has 0 unspecified atom stereocenters. The van der Waals surface area contributed by atoms with Gasteiger partial charge in [0.2, 0.25) is 0 Å². The van der Waals surface area contributed by atoms with Crippen molar-refractivity contribution in [2.24, 2.45) is 5.92 Å². The summed E-state index contributed by atoms with van der Waals surface area (Å²) >= 11 is 0. The van der Waals surface area contributed by atoms with E-state index in [1.54, 1.807) is 18.3 Å². The Kier molecular flexibility index (Phi) is 4.57. The number of aliphatic carboxylic acids is 1. The first-order valence-electron chi connectivity index (χ1n) is 8.27. The van der Waals surface area contributed by atoms with Crippen molar-refractivity contribution >= 4 is 11.9 Å². The second kappa shape index (κ2) is 6.66. The monoisotopic (exact) mass is 345 g/mol. The first-order chi connectivity index (χ1) is 11.9. The maximum Gasteiger partial charge on any atom is 0.329 e. The number of carbonyl (C=O) groups is 2. The van der Waals surface area contributed by atoms with Gasteiger partial charge in [0.25, 0.3) is 5.91 Å². The third kappa shape index (κ3) is 3.55. The van der Waals surface area contributed by atoms with Crippen LogP contribution in [0.2, 0.25) is 0 Å². The standard InChI is InChI=1S/C18H20FN3O3/c1-12-6-9-18(10-7-12,17(24)25)20-16(23)15-8-11-22(21-15)14-4-2-13(19)3-5-14/h2-5,8,11-12H,6-7,9-10H2,1H3,(H,20,23)(H,24,25). The zero-order chi connectivity index (χ0) is 18.0. The molecular weight excluding hydrogens is 325 g/mol. The van der Waals surface area contributed by atoms with Gasteiger partial charge in [0, 0.05) is 6.20 Å². The Morgan fingerprint density at radius 3 is 2.48 bits per heavy atom. The number of carbonyl (C=O) groups excluding carboxylic acids is 1. The van der Waals surface area contributed by atoms with Crippen LogP contribution in [0.5, 0.6) is 0 Å². The molecule has 1 fully saturated rings. The van der Waals surface area contributed by atoms with Gasteiger partial charge in [0.15, 0.2) is 5.69 Å². The van der Waals surface area contributed by atoms with Gasteiger partial charge in [-0.3, -0.25) is 4.79 Å². The summed E-state index contributed by atoms with van der Waals surface area (Å²) in [7, 11) is 0. The van der Waals surface area contributed by atoms with Crippen LogP contribution in [0, 0.1) is 11.7 Å². The minimum absolute atomic E-state index is 0.128. The summed E-state index contributed by atoms with van der Waals surface area (Å²) in [6.45, 7) is 2.08. The highest BCUT2D eigenvalue weighted by molar-refractivity contribution is 5.96. The molecule has 0 saturated heterocycles. The lowest BCUT2D eigenvalue weighted by atomic mass is 9.77. The fourth-order valence-corrected chi connectivity index (χ4v) is 3.11. The van der Waals surface area contributed by atoms with E-state index in [1.807, 2.05) is 0 Å². The minimum Gasteiger partial charge on any atom is -0.480 e. The van der Waals surface area contributed by atoms with E-state index in [0.717, 1.165) is 12.8 Å². The first kappa shape index (κ1) is 17.1. The summed E-state index contributed by atoms with van der Waals surface area (Å²) in [6, 6.07) is 7.22. The van der Waals surface area contributed by atoms with Crippen LogP contribution >= 0.6 is 0 Å². The number of carboxylic acid groups (broad SMARTS) is 1. The third-order valence-corrected chi connectivity index (χ3v) is 4.80. The smallest absolute Gasteiger partial charge is 0.329 e. The molecule has 0 radical (unpaired) electrons. The average molecular weight is 345 g/mol. The number of hydrogen-bond acceptors (Lipinski definition) is 3. The number of nitrogens with one attached hydrogen (secondary N) is 1. The summed E-state index contributed by atoms with van der Waals surface area (Å²) in [5, 5.41) is 16.4. The summed E-state index contributed by atoms with van der Waals surface area (Å²) in [4.78, 5) is 24.2. The highest BCUT2D eigenvalue weighted by atomic mass is 19.1. The van der Waals surface area contributed by atoms with Crippen molar-refractivity contribution in [3.8, 4) is 5.69 Å². The largest absolute Gasteiger partial charge is 0.480 e. The minimum atomic E-state index is -1.23. The van der Waals surface area contributed by atoms with Crippen molar-refractivity contribution in [3.63, 3.8) is 0 Å². The Morgan fingerprint density at radius 2 is 1.88 bits per heavy atom. The zero-order valence-electron chi connectivity index (χ0n) is 13.9. The van der Waals surface area contributed by atoms with Gasteiger partial charge in [-0.25, -0.2) is 13.9 Å². The molecule has 2 N–H and O–H groups in total. The highest BCUT2D eigenvalue weighted by Gasteiger charge is 2.42. The lowest BCUT2D eigenvalue weighted by Gasteiger charge is -2.36. The Hall–Kier alpha value is -2.70. The normalized spacial score (nSPS) is 23.2. The van der Waals surface area contributed by atoms with Crippen molar-refractivity contribution in [3.05, 3.63) is 48.0 Å². The van der Waals surface area contributed by atoms with Crippen molar-refractivity contribution in [2.75, 3.05) is 0 Å². The molecule has 1 aliphatic carbocycles. The predicted molar refractivity (Wildman–Crippen MR) is 89.0 cm³/mol. The van der Waals surface area contributed by atoms with Crippen LogP contribution in [0.15, 0.2) is 36.5 Å². The number of halogens is 1. The molecule has 1 saturated carbocycles. The van der Waals surface area contributed by atoms with E-state index >= 15 is 0 Å². The lowest BCUT2D eigenvalue weighted by molar-refractivity contribution is -0.146. The predicted octanol–water partition coefficient (Wildman–Crippen LogP) is 2.77. The second-order valence-electron chi connectivity index (χ2n) is 6.65. The molecule has 0 bridgehead atoms. The quantitative estimate of drug-likeness (QED) is 0.892. The van der Waals surface area contributed by atoms with Gasteiger partial charge in [-0.1, -0.05) is 6.92 Å². The van der Waals surface area contributed by atoms with Crippen molar-refractivity contribution in [1.29, 1.82) is 0 Å². The summed E-state index contributed by atoms with van der Waals surface area (Å²) < 4.78 is 14.4. The number of amides is 1. The molecular formula is C18H20FN3O3. The van der Waals surface area contributed by atoms with E-state index in [1.165, 1.54) is 22.9 Å². The van der Waals surface area contributed by atoms with Gasteiger partial charge < -0.3 is 10.4 Å². The van der Waals surface area contributed by atoms with E-state index in [4.69, 9.17) is 0 Å². The maximum atomic E-state index is 13.0. The fourth-order valence-electron chi connectivity index (χ4n) is 3.11. The number of nitrogens with zero attached hydrogens (tertiary/aromatic N) is 2. The molecule has 7 heteroatoms. The van der Waals surface area contributed by atoms with Gasteiger partial charge in [-0.2, -0.15) is 5.10 Å². The van der Waals surface area contributed by atoms with Crippen molar-refractivity contribution in [2.45, 2.75) is 38.1 Å². The molecule has 1 heterocycles. The summed E-state index contributed by atoms with van der Waals surface area (Å²) in [6.07, 6.45) is 3.92. The molecule has 1 aliphatic rings. The van der Waals surface area contributed by atoms with Crippen molar-refractivity contribution in [1.82, 2.24) is 15.1 Å². The molecule has 2 aromatic rings. The van der Waals surface area contributed by atoms with Gasteiger partial charge in [-0.15, -0.1) is 0 Å². The van der Waals surface area contributed by atoms with E-state index in [2.05, 4.69) is 17.3 Å². The van der Waals surface area contributed by atoms with Crippen LogP contribution in [-0.2, 0) is 4.79 Å². The van der Waals surface area contributed by atoms with Gasteiger partial charge >= 0.3 is 5.97 Å². The number of aromatic nitrogens is 2. The van der Waals surface area contributed by atoms with Crippen LogP contribution in [0.3, 0.4) is 0 Å². The molecule has 1 aromatic carbocycles. The van der Waals surface area contributed by atoms with Crippen molar-refractivity contribution < 1.29 is 19.1 Å². The van der Waals surface area contributed by atoms with Gasteiger partial charge in [-0.05, 0) is 61.9 Å². The first-order valence-corrected chi connectivity index (χ1v) is 8.27. The fraction of sp³-hybridized carbons (Fsp3) is 0.389. The molecule has 1 aromatic heterocycles. The number of rotatable bonds is 4. The number of benzene rings is 1. The molecule has 25 heavy (non-hydrogen) atoms. The zero-order valence-corrected chi connectivity index (χ0v) is 13.9. The molecule has 1 amide bonds. The molecule has 0 aliphatic heterocycles. The Morgan fingerprint density at radius 1 is 1.24 bits per heavy atom. The van der Waals surface area contributed by atoms with E-state index in [0.29, 0.717) is 24.4 Å². The highest BCUT2D eigenvalue weighted by Crippen LogP contribution is 2.32. The molecule has 3 rings (SSSR count). The summed E-state index contributed by atoms with van der Waals surface area (Å²) in [5.74, 6) is -1.42.